The van der Waals surface area contributed by atoms with E-state index in [1.165, 1.54) is 5.56 Å². The second kappa shape index (κ2) is 7.78. The summed E-state index contributed by atoms with van der Waals surface area (Å²) in [5.74, 6) is 0.0724. The first-order valence-electron chi connectivity index (χ1n) is 11.2. The molecule has 3 aromatic rings. The minimum absolute atomic E-state index is 0.0424. The van der Waals surface area contributed by atoms with Crippen molar-refractivity contribution in [3.63, 3.8) is 0 Å². The molecule has 2 aromatic carbocycles. The number of carbonyl (C=O) groups excluding carboxylic acids is 1. The van der Waals surface area contributed by atoms with E-state index in [9.17, 15) is 9.90 Å². The minimum atomic E-state index is -0.288. The van der Waals surface area contributed by atoms with Gasteiger partial charge in [0.1, 0.15) is 17.1 Å². The Morgan fingerprint density at radius 1 is 1.16 bits per heavy atom. The largest absolute Gasteiger partial charge is 0.507 e. The fourth-order valence-electron chi connectivity index (χ4n) is 4.78. The predicted octanol–water partition coefficient (Wildman–Crippen LogP) is 4.80. The molecule has 6 nitrogen and oxygen atoms in total. The topological polar surface area (TPSA) is 78.5 Å². The van der Waals surface area contributed by atoms with Crippen molar-refractivity contribution in [3.05, 3.63) is 70.9 Å². The van der Waals surface area contributed by atoms with Crippen LogP contribution in [0.15, 0.2) is 48.5 Å². The molecule has 0 spiro atoms. The summed E-state index contributed by atoms with van der Waals surface area (Å²) in [6, 6.07) is 15.3. The molecule has 2 N–H and O–H groups in total. The number of aromatic amines is 1. The van der Waals surface area contributed by atoms with Crippen LogP contribution in [0.25, 0.3) is 11.3 Å². The van der Waals surface area contributed by atoms with Crippen molar-refractivity contribution in [2.24, 2.45) is 0 Å². The SMILES string of the molecule is CC(C)(C)c1ccc([C@H]2c3c(-c4ccccc4O)n[nH]c3C(=O)N2C[C@H]2CCCO2)cc1. The van der Waals surface area contributed by atoms with Crippen molar-refractivity contribution >= 4 is 5.91 Å². The Balaban J connectivity index is 1.62. The molecule has 1 aromatic heterocycles. The number of amides is 1. The van der Waals surface area contributed by atoms with Crippen LogP contribution in [0.2, 0.25) is 0 Å². The monoisotopic (exact) mass is 431 g/mol. The zero-order valence-electron chi connectivity index (χ0n) is 18.8. The number of fused-ring (bicyclic) bond motifs is 1. The highest BCUT2D eigenvalue weighted by atomic mass is 16.5. The van der Waals surface area contributed by atoms with Crippen LogP contribution in [0.4, 0.5) is 0 Å². The van der Waals surface area contributed by atoms with Gasteiger partial charge in [-0.3, -0.25) is 9.89 Å². The first kappa shape index (κ1) is 20.8. The lowest BCUT2D eigenvalue weighted by Crippen LogP contribution is -2.36. The Labute approximate surface area is 188 Å². The number of ether oxygens (including phenoxy) is 1. The fraction of sp³-hybridized carbons (Fsp3) is 0.385. The molecule has 0 radical (unpaired) electrons. The molecule has 0 bridgehead atoms. The number of carbonyl (C=O) groups is 1. The maximum atomic E-state index is 13.5. The Morgan fingerprint density at radius 2 is 1.91 bits per heavy atom. The van der Waals surface area contributed by atoms with Gasteiger partial charge in [0.15, 0.2) is 0 Å². The van der Waals surface area contributed by atoms with Crippen LogP contribution in [-0.2, 0) is 10.2 Å². The van der Waals surface area contributed by atoms with Gasteiger partial charge in [0, 0.05) is 24.3 Å². The van der Waals surface area contributed by atoms with Gasteiger partial charge in [-0.15, -0.1) is 0 Å². The highest BCUT2D eigenvalue weighted by Gasteiger charge is 2.43. The smallest absolute Gasteiger partial charge is 0.273 e. The van der Waals surface area contributed by atoms with Crippen molar-refractivity contribution in [1.29, 1.82) is 0 Å². The average Bonchev–Trinajstić information content (AvgIpc) is 3.48. The normalized spacial score (nSPS) is 20.7. The van der Waals surface area contributed by atoms with Crippen LogP contribution in [0.5, 0.6) is 5.75 Å². The lowest BCUT2D eigenvalue weighted by molar-refractivity contribution is 0.0495. The predicted molar refractivity (Wildman–Crippen MR) is 123 cm³/mol. The Hall–Kier alpha value is -3.12. The van der Waals surface area contributed by atoms with E-state index in [0.29, 0.717) is 23.5 Å². The number of rotatable bonds is 4. The molecule has 3 heterocycles. The summed E-state index contributed by atoms with van der Waals surface area (Å²) in [7, 11) is 0. The Kier molecular flexibility index (Phi) is 5.05. The standard InChI is InChI=1S/C26H29N3O3/c1-26(2,3)17-12-10-16(11-13-17)24-21-22(19-8-4-5-9-20(19)30)27-28-23(21)25(31)29(24)15-18-7-6-14-32-18/h4-5,8-13,18,24,30H,6-7,14-15H2,1-3H3,(H,27,28)/t18-,24+/m1/s1. The molecule has 0 saturated carbocycles. The molecular formula is C26H29N3O3. The lowest BCUT2D eigenvalue weighted by Gasteiger charge is -2.29. The molecular weight excluding hydrogens is 402 g/mol. The van der Waals surface area contributed by atoms with Crippen molar-refractivity contribution in [1.82, 2.24) is 15.1 Å². The van der Waals surface area contributed by atoms with Gasteiger partial charge in [0.25, 0.3) is 5.91 Å². The van der Waals surface area contributed by atoms with Crippen LogP contribution in [-0.4, -0.2) is 45.4 Å². The summed E-state index contributed by atoms with van der Waals surface area (Å²) < 4.78 is 5.86. The van der Waals surface area contributed by atoms with Crippen LogP contribution in [0, 0.1) is 0 Å². The summed E-state index contributed by atoms with van der Waals surface area (Å²) >= 11 is 0. The van der Waals surface area contributed by atoms with E-state index in [0.717, 1.165) is 30.6 Å². The molecule has 1 amide bonds. The summed E-state index contributed by atoms with van der Waals surface area (Å²) in [5, 5.41) is 17.9. The second-order valence-electron chi connectivity index (χ2n) is 9.75. The second-order valence-corrected chi connectivity index (χ2v) is 9.75. The number of H-pyrrole nitrogens is 1. The summed E-state index contributed by atoms with van der Waals surface area (Å²) in [6.07, 6.45) is 2.02. The molecule has 0 unspecified atom stereocenters. The molecule has 166 valence electrons. The molecule has 0 aliphatic carbocycles. The van der Waals surface area contributed by atoms with Crippen LogP contribution < -0.4 is 0 Å². The van der Waals surface area contributed by atoms with Gasteiger partial charge in [-0.1, -0.05) is 57.2 Å². The number of benzene rings is 2. The van der Waals surface area contributed by atoms with E-state index < -0.39 is 0 Å². The molecule has 5 rings (SSSR count). The summed E-state index contributed by atoms with van der Waals surface area (Å²) in [5.41, 5.74) is 4.86. The maximum absolute atomic E-state index is 13.5. The Bertz CT molecular complexity index is 1140. The third-order valence-electron chi connectivity index (χ3n) is 6.54. The van der Waals surface area contributed by atoms with Crippen molar-refractivity contribution in [3.8, 4) is 17.0 Å². The highest BCUT2D eigenvalue weighted by Crippen LogP contribution is 2.45. The molecule has 2 aliphatic heterocycles. The maximum Gasteiger partial charge on any atom is 0.273 e. The Morgan fingerprint density at radius 3 is 2.56 bits per heavy atom. The van der Waals surface area contributed by atoms with Crippen molar-refractivity contribution in [2.75, 3.05) is 13.2 Å². The van der Waals surface area contributed by atoms with E-state index in [-0.39, 0.29) is 29.2 Å². The number of aromatic hydroxyl groups is 1. The van der Waals surface area contributed by atoms with E-state index >= 15 is 0 Å². The van der Waals surface area contributed by atoms with Gasteiger partial charge >= 0.3 is 0 Å². The van der Waals surface area contributed by atoms with Gasteiger partial charge in [-0.05, 0) is 41.5 Å². The number of nitrogens with zero attached hydrogens (tertiary/aromatic N) is 2. The zero-order chi connectivity index (χ0) is 22.5. The zero-order valence-corrected chi connectivity index (χ0v) is 18.8. The first-order chi connectivity index (χ1) is 15.3. The molecule has 2 atom stereocenters. The molecule has 1 fully saturated rings. The number of hydrogen-bond acceptors (Lipinski definition) is 4. The van der Waals surface area contributed by atoms with Crippen molar-refractivity contribution < 1.29 is 14.6 Å². The fourth-order valence-corrected chi connectivity index (χ4v) is 4.78. The van der Waals surface area contributed by atoms with Gasteiger partial charge in [-0.2, -0.15) is 5.10 Å². The van der Waals surface area contributed by atoms with Crippen LogP contribution in [0.3, 0.4) is 0 Å². The quantitative estimate of drug-likeness (QED) is 0.622. The number of aromatic nitrogens is 2. The third-order valence-corrected chi connectivity index (χ3v) is 6.54. The molecule has 1 saturated heterocycles. The van der Waals surface area contributed by atoms with E-state index in [1.54, 1.807) is 12.1 Å². The first-order valence-corrected chi connectivity index (χ1v) is 11.2. The lowest BCUT2D eigenvalue weighted by atomic mass is 9.85. The van der Waals surface area contributed by atoms with E-state index in [2.05, 4.69) is 55.2 Å². The van der Waals surface area contributed by atoms with Crippen LogP contribution in [0.1, 0.15) is 66.8 Å². The number of para-hydroxylation sites is 1. The average molecular weight is 432 g/mol. The van der Waals surface area contributed by atoms with Gasteiger partial charge in [0.05, 0.1) is 12.1 Å². The van der Waals surface area contributed by atoms with E-state index in [1.807, 2.05) is 17.0 Å². The highest BCUT2D eigenvalue weighted by molar-refractivity contribution is 6.00. The third kappa shape index (κ3) is 3.48. The minimum Gasteiger partial charge on any atom is -0.507 e. The number of nitrogens with one attached hydrogen (secondary N) is 1. The number of phenols is 1. The molecule has 6 heteroatoms. The number of hydrogen-bond donors (Lipinski definition) is 2. The van der Waals surface area contributed by atoms with Gasteiger partial charge in [-0.25, -0.2) is 0 Å². The molecule has 32 heavy (non-hydrogen) atoms. The van der Waals surface area contributed by atoms with Crippen LogP contribution >= 0.6 is 0 Å². The number of phenolic OH excluding ortho intramolecular Hbond substituents is 1. The van der Waals surface area contributed by atoms with Gasteiger partial charge < -0.3 is 14.7 Å². The van der Waals surface area contributed by atoms with Crippen molar-refractivity contribution in [2.45, 2.75) is 51.2 Å². The van der Waals surface area contributed by atoms with E-state index in [4.69, 9.17) is 4.74 Å². The summed E-state index contributed by atoms with van der Waals surface area (Å²) in [4.78, 5) is 15.4. The van der Waals surface area contributed by atoms with Gasteiger partial charge in [0.2, 0.25) is 0 Å². The summed E-state index contributed by atoms with van der Waals surface area (Å²) in [6.45, 7) is 7.85. The molecule has 2 aliphatic rings.